The Balaban J connectivity index is 2.02. The largest absolute Gasteiger partial charge is 0.301 e. The van der Waals surface area contributed by atoms with E-state index >= 15 is 0 Å². The Bertz CT molecular complexity index is 351. The van der Waals surface area contributed by atoms with Gasteiger partial charge in [-0.2, -0.15) is 5.10 Å². The predicted octanol–water partition coefficient (Wildman–Crippen LogP) is 2.38. The third kappa shape index (κ3) is 2.12. The second-order valence-corrected chi connectivity index (χ2v) is 4.88. The Hall–Kier alpha value is -0.900. The molecule has 0 spiro atoms. The van der Waals surface area contributed by atoms with Crippen molar-refractivity contribution in [2.45, 2.75) is 45.7 Å². The third-order valence-electron chi connectivity index (χ3n) is 3.56. The van der Waals surface area contributed by atoms with Crippen LogP contribution in [0.15, 0.2) is 6.20 Å². The monoisotopic (exact) mass is 225 g/mol. The van der Waals surface area contributed by atoms with E-state index in [1.165, 1.54) is 6.20 Å². The summed E-state index contributed by atoms with van der Waals surface area (Å²) in [5.41, 5.74) is 0.669. The minimum Gasteiger partial charge on any atom is -0.301 e. The van der Waals surface area contributed by atoms with E-state index < -0.39 is 0 Å². The highest BCUT2D eigenvalue weighted by Gasteiger charge is 2.23. The Morgan fingerprint density at radius 3 is 2.44 bits per heavy atom. The van der Waals surface area contributed by atoms with Gasteiger partial charge in [-0.05, 0) is 33.6 Å². The molecule has 2 rings (SSSR count). The molecular formula is C12H20FN3. The molecule has 90 valence electrons. The fourth-order valence-electron chi connectivity index (χ4n) is 2.42. The number of piperidine rings is 1. The number of rotatable bonds is 2. The Morgan fingerprint density at radius 1 is 1.38 bits per heavy atom. The van der Waals surface area contributed by atoms with Gasteiger partial charge in [0.15, 0.2) is 5.82 Å². The first-order valence-corrected chi connectivity index (χ1v) is 6.03. The number of likely N-dealkylation sites (tertiary alicyclic amines) is 1. The maximum atomic E-state index is 13.2. The van der Waals surface area contributed by atoms with Gasteiger partial charge in [0, 0.05) is 19.1 Å². The van der Waals surface area contributed by atoms with Crippen LogP contribution in [0.25, 0.3) is 0 Å². The van der Waals surface area contributed by atoms with Crippen molar-refractivity contribution < 1.29 is 4.39 Å². The van der Waals surface area contributed by atoms with E-state index in [0.29, 0.717) is 17.8 Å². The molecule has 1 fully saturated rings. The molecule has 0 radical (unpaired) electrons. The molecule has 0 aromatic carbocycles. The van der Waals surface area contributed by atoms with Gasteiger partial charge in [-0.25, -0.2) is 4.39 Å². The van der Waals surface area contributed by atoms with Crippen LogP contribution in [-0.2, 0) is 0 Å². The fraction of sp³-hybridized carbons (Fsp3) is 0.750. The van der Waals surface area contributed by atoms with E-state index in [-0.39, 0.29) is 5.82 Å². The number of hydrogen-bond donors (Lipinski definition) is 0. The third-order valence-corrected chi connectivity index (χ3v) is 3.56. The number of halogens is 1. The zero-order valence-corrected chi connectivity index (χ0v) is 10.3. The Labute approximate surface area is 96.2 Å². The summed E-state index contributed by atoms with van der Waals surface area (Å²) in [4.78, 5) is 2.46. The van der Waals surface area contributed by atoms with Crippen molar-refractivity contribution in [2.24, 2.45) is 0 Å². The highest BCUT2D eigenvalue weighted by Crippen LogP contribution is 2.24. The smallest absolute Gasteiger partial charge is 0.163 e. The summed E-state index contributed by atoms with van der Waals surface area (Å²) in [6.45, 7) is 8.42. The van der Waals surface area contributed by atoms with E-state index in [4.69, 9.17) is 0 Å². The molecule has 2 heterocycles. The van der Waals surface area contributed by atoms with Crippen molar-refractivity contribution in [3.63, 3.8) is 0 Å². The van der Waals surface area contributed by atoms with Gasteiger partial charge in [0.2, 0.25) is 0 Å². The number of aromatic nitrogens is 2. The summed E-state index contributed by atoms with van der Waals surface area (Å²) in [6, 6.07) is 0.982. The van der Waals surface area contributed by atoms with Crippen LogP contribution in [0.5, 0.6) is 0 Å². The summed E-state index contributed by atoms with van der Waals surface area (Å²) in [6.07, 6.45) is 3.46. The summed E-state index contributed by atoms with van der Waals surface area (Å²) >= 11 is 0. The molecule has 0 saturated carbocycles. The van der Waals surface area contributed by atoms with Crippen molar-refractivity contribution in [1.29, 1.82) is 0 Å². The first-order chi connectivity index (χ1) is 7.59. The quantitative estimate of drug-likeness (QED) is 0.770. The lowest BCUT2D eigenvalue weighted by Gasteiger charge is -2.34. The highest BCUT2D eigenvalue weighted by atomic mass is 19.1. The molecule has 0 amide bonds. The normalized spacial score (nSPS) is 19.6. The maximum absolute atomic E-state index is 13.2. The van der Waals surface area contributed by atoms with Crippen molar-refractivity contribution in [3.05, 3.63) is 17.7 Å². The van der Waals surface area contributed by atoms with E-state index in [1.807, 2.05) is 4.68 Å². The van der Waals surface area contributed by atoms with Gasteiger partial charge in [-0.1, -0.05) is 0 Å². The van der Waals surface area contributed by atoms with E-state index in [2.05, 4.69) is 23.8 Å². The van der Waals surface area contributed by atoms with Crippen molar-refractivity contribution in [3.8, 4) is 0 Å². The average molecular weight is 225 g/mol. The molecule has 1 aliphatic heterocycles. The molecule has 1 aromatic heterocycles. The zero-order valence-electron chi connectivity index (χ0n) is 10.3. The molecule has 3 nitrogen and oxygen atoms in total. The first-order valence-electron chi connectivity index (χ1n) is 6.03. The molecule has 4 heteroatoms. The van der Waals surface area contributed by atoms with Crippen LogP contribution < -0.4 is 0 Å². The van der Waals surface area contributed by atoms with Gasteiger partial charge in [0.25, 0.3) is 0 Å². The lowest BCUT2D eigenvalue weighted by Crippen LogP contribution is -2.39. The number of hydrogen-bond acceptors (Lipinski definition) is 2. The predicted molar refractivity (Wildman–Crippen MR) is 61.9 cm³/mol. The molecule has 0 unspecified atom stereocenters. The zero-order chi connectivity index (χ0) is 11.7. The van der Waals surface area contributed by atoms with Crippen molar-refractivity contribution in [2.75, 3.05) is 13.1 Å². The van der Waals surface area contributed by atoms with Gasteiger partial charge in [0.05, 0.1) is 17.9 Å². The minimum atomic E-state index is -0.189. The second kappa shape index (κ2) is 4.53. The second-order valence-electron chi connectivity index (χ2n) is 4.88. The lowest BCUT2D eigenvalue weighted by molar-refractivity contribution is 0.146. The molecule has 0 N–H and O–H groups in total. The summed E-state index contributed by atoms with van der Waals surface area (Å²) < 4.78 is 15.1. The van der Waals surface area contributed by atoms with Gasteiger partial charge in [-0.15, -0.1) is 0 Å². The van der Waals surface area contributed by atoms with Crippen LogP contribution in [0.4, 0.5) is 4.39 Å². The highest BCUT2D eigenvalue weighted by molar-refractivity contribution is 5.02. The van der Waals surface area contributed by atoms with Gasteiger partial charge < -0.3 is 4.90 Å². The van der Waals surface area contributed by atoms with Crippen LogP contribution in [-0.4, -0.2) is 33.8 Å². The molecule has 1 saturated heterocycles. The summed E-state index contributed by atoms with van der Waals surface area (Å²) in [7, 11) is 0. The topological polar surface area (TPSA) is 21.1 Å². The first kappa shape index (κ1) is 11.6. The maximum Gasteiger partial charge on any atom is 0.163 e. The summed E-state index contributed by atoms with van der Waals surface area (Å²) in [5, 5.41) is 4.13. The van der Waals surface area contributed by atoms with Gasteiger partial charge in [-0.3, -0.25) is 4.68 Å². The van der Waals surface area contributed by atoms with E-state index in [0.717, 1.165) is 25.9 Å². The van der Waals surface area contributed by atoms with Crippen LogP contribution in [0.3, 0.4) is 0 Å². The molecular weight excluding hydrogens is 205 g/mol. The molecule has 16 heavy (non-hydrogen) atoms. The van der Waals surface area contributed by atoms with Crippen LogP contribution >= 0.6 is 0 Å². The van der Waals surface area contributed by atoms with Crippen LogP contribution in [0.1, 0.15) is 38.4 Å². The molecule has 0 bridgehead atoms. The van der Waals surface area contributed by atoms with E-state index in [1.54, 1.807) is 6.92 Å². The molecule has 0 atom stereocenters. The van der Waals surface area contributed by atoms with E-state index in [9.17, 15) is 4.39 Å². The summed E-state index contributed by atoms with van der Waals surface area (Å²) in [5.74, 6) is -0.189. The fourth-order valence-corrected chi connectivity index (χ4v) is 2.42. The van der Waals surface area contributed by atoms with Gasteiger partial charge in [0.1, 0.15) is 0 Å². The molecule has 1 aromatic rings. The standard InChI is InChI=1S/C12H20FN3/c1-9(2)15-6-4-11(5-7-15)16-10(3)12(13)8-14-16/h8-9,11H,4-7H2,1-3H3. The lowest BCUT2D eigenvalue weighted by atomic mass is 10.0. The SMILES string of the molecule is Cc1c(F)cnn1C1CCN(C(C)C)CC1. The average Bonchev–Trinajstić information content (AvgIpc) is 2.60. The van der Waals surface area contributed by atoms with Crippen molar-refractivity contribution in [1.82, 2.24) is 14.7 Å². The number of nitrogens with zero attached hydrogens (tertiary/aromatic N) is 3. The van der Waals surface area contributed by atoms with Crippen molar-refractivity contribution >= 4 is 0 Å². The minimum absolute atomic E-state index is 0.189. The Kier molecular flexibility index (Phi) is 3.28. The van der Waals surface area contributed by atoms with Gasteiger partial charge >= 0.3 is 0 Å². The van der Waals surface area contributed by atoms with Crippen LogP contribution in [0.2, 0.25) is 0 Å². The molecule has 1 aliphatic rings. The molecule has 0 aliphatic carbocycles. The van der Waals surface area contributed by atoms with Crippen LogP contribution in [0, 0.1) is 12.7 Å². The Morgan fingerprint density at radius 2 is 2.00 bits per heavy atom.